The van der Waals surface area contributed by atoms with Crippen molar-refractivity contribution >= 4 is 0 Å². The van der Waals surface area contributed by atoms with Crippen LogP contribution in [0.15, 0.2) is 48.6 Å². The van der Waals surface area contributed by atoms with Crippen LogP contribution in [0.3, 0.4) is 0 Å². The summed E-state index contributed by atoms with van der Waals surface area (Å²) in [6.07, 6.45) is 4.04. The van der Waals surface area contributed by atoms with Crippen molar-refractivity contribution in [2.24, 2.45) is 0 Å². The largest absolute Gasteiger partial charge is 0.365 e. The van der Waals surface area contributed by atoms with E-state index >= 15 is 0 Å². The second-order valence-corrected chi connectivity index (χ2v) is 3.53. The minimum Gasteiger partial charge on any atom is -0.365 e. The Morgan fingerprint density at radius 3 is 2.71 bits per heavy atom. The molecule has 1 unspecified atom stereocenters. The molecule has 0 spiro atoms. The molecule has 0 aliphatic carbocycles. The molecule has 0 bridgehead atoms. The first kappa shape index (κ1) is 9.22. The van der Waals surface area contributed by atoms with E-state index in [0.29, 0.717) is 6.61 Å². The Kier molecular flexibility index (Phi) is 2.51. The summed E-state index contributed by atoms with van der Waals surface area (Å²) in [5.41, 5.74) is 3.66. The van der Waals surface area contributed by atoms with Crippen molar-refractivity contribution in [2.75, 3.05) is 6.61 Å². The molecule has 0 radical (unpaired) electrons. The Morgan fingerprint density at radius 2 is 2.07 bits per heavy atom. The summed E-state index contributed by atoms with van der Waals surface area (Å²) in [4.78, 5) is 0. The zero-order valence-corrected chi connectivity index (χ0v) is 8.36. The first-order valence-electron chi connectivity index (χ1n) is 4.82. The van der Waals surface area contributed by atoms with Gasteiger partial charge in [0.2, 0.25) is 0 Å². The van der Waals surface area contributed by atoms with Crippen LogP contribution in [-0.4, -0.2) is 6.61 Å². The number of benzene rings is 1. The zero-order valence-electron chi connectivity index (χ0n) is 8.36. The molecule has 14 heavy (non-hydrogen) atoms. The number of ether oxygens (including phenoxy) is 1. The Labute approximate surface area is 84.7 Å². The van der Waals surface area contributed by atoms with Gasteiger partial charge in [-0.1, -0.05) is 48.6 Å². The smallest absolute Gasteiger partial charge is 0.108 e. The van der Waals surface area contributed by atoms with Gasteiger partial charge in [-0.15, -0.1) is 0 Å². The van der Waals surface area contributed by atoms with E-state index < -0.39 is 0 Å². The van der Waals surface area contributed by atoms with Gasteiger partial charge in [0.25, 0.3) is 0 Å². The van der Waals surface area contributed by atoms with E-state index in [1.54, 1.807) is 0 Å². The maximum Gasteiger partial charge on any atom is 0.108 e. The van der Waals surface area contributed by atoms with Gasteiger partial charge in [-0.05, 0) is 18.1 Å². The summed E-state index contributed by atoms with van der Waals surface area (Å²) >= 11 is 0. The number of hydrogen-bond donors (Lipinski definition) is 0. The van der Waals surface area contributed by atoms with E-state index in [9.17, 15) is 0 Å². The first-order chi connectivity index (χ1) is 6.81. The van der Waals surface area contributed by atoms with E-state index in [4.69, 9.17) is 4.74 Å². The predicted molar refractivity (Wildman–Crippen MR) is 58.2 cm³/mol. The summed E-state index contributed by atoms with van der Waals surface area (Å²) in [5.74, 6) is 0. The van der Waals surface area contributed by atoms with Gasteiger partial charge < -0.3 is 4.74 Å². The molecule has 1 nitrogen and oxygen atoms in total. The van der Waals surface area contributed by atoms with E-state index in [1.807, 2.05) is 6.08 Å². The molecule has 0 N–H and O–H groups in total. The van der Waals surface area contributed by atoms with Gasteiger partial charge in [0.1, 0.15) is 6.10 Å². The fraction of sp³-hybridized carbons (Fsp3) is 0.231. The van der Waals surface area contributed by atoms with Crippen molar-refractivity contribution in [3.8, 4) is 0 Å². The molecule has 1 heterocycles. The van der Waals surface area contributed by atoms with Crippen LogP contribution in [0, 0.1) is 6.92 Å². The predicted octanol–water partition coefficient (Wildman–Crippen LogP) is 3.18. The van der Waals surface area contributed by atoms with Crippen LogP contribution < -0.4 is 0 Å². The molecule has 2 rings (SSSR count). The summed E-state index contributed by atoms with van der Waals surface area (Å²) in [6.45, 7) is 6.57. The van der Waals surface area contributed by atoms with Crippen LogP contribution in [0.4, 0.5) is 0 Å². The minimum atomic E-state index is 0.0908. The topological polar surface area (TPSA) is 9.23 Å². The lowest BCUT2D eigenvalue weighted by molar-refractivity contribution is 0.125. The van der Waals surface area contributed by atoms with Gasteiger partial charge in [0.05, 0.1) is 6.61 Å². The molecule has 1 aliphatic rings. The SMILES string of the molecule is C=CC1=CCOC1c1ccc(C)cc1. The molecular weight excluding hydrogens is 172 g/mol. The monoisotopic (exact) mass is 186 g/mol. The van der Waals surface area contributed by atoms with Crippen molar-refractivity contribution in [1.29, 1.82) is 0 Å². The summed E-state index contributed by atoms with van der Waals surface area (Å²) in [7, 11) is 0. The Hall–Kier alpha value is -1.34. The van der Waals surface area contributed by atoms with Crippen molar-refractivity contribution in [1.82, 2.24) is 0 Å². The fourth-order valence-corrected chi connectivity index (χ4v) is 1.66. The van der Waals surface area contributed by atoms with E-state index in [0.717, 1.165) is 0 Å². The lowest BCUT2D eigenvalue weighted by Crippen LogP contribution is -1.99. The van der Waals surface area contributed by atoms with Crippen molar-refractivity contribution in [2.45, 2.75) is 13.0 Å². The fourth-order valence-electron chi connectivity index (χ4n) is 1.66. The second-order valence-electron chi connectivity index (χ2n) is 3.53. The highest BCUT2D eigenvalue weighted by molar-refractivity contribution is 5.35. The van der Waals surface area contributed by atoms with Crippen LogP contribution in [0.5, 0.6) is 0 Å². The van der Waals surface area contributed by atoms with Crippen molar-refractivity contribution < 1.29 is 4.74 Å². The molecule has 1 aromatic carbocycles. The average molecular weight is 186 g/mol. The third kappa shape index (κ3) is 1.64. The van der Waals surface area contributed by atoms with E-state index in [-0.39, 0.29) is 6.10 Å². The molecule has 0 amide bonds. The zero-order chi connectivity index (χ0) is 9.97. The quantitative estimate of drug-likeness (QED) is 0.689. The molecule has 1 aromatic rings. The third-order valence-corrected chi connectivity index (χ3v) is 2.50. The Bertz CT molecular complexity index is 359. The van der Waals surface area contributed by atoms with Crippen LogP contribution in [0.25, 0.3) is 0 Å². The molecule has 1 heteroatoms. The molecule has 0 saturated heterocycles. The summed E-state index contributed by atoms with van der Waals surface area (Å²) in [5, 5.41) is 0. The number of rotatable bonds is 2. The maximum absolute atomic E-state index is 5.62. The molecule has 0 aromatic heterocycles. The highest BCUT2D eigenvalue weighted by Gasteiger charge is 2.18. The minimum absolute atomic E-state index is 0.0908. The summed E-state index contributed by atoms with van der Waals surface area (Å²) < 4.78 is 5.62. The lowest BCUT2D eigenvalue weighted by Gasteiger charge is -2.12. The molecule has 1 aliphatic heterocycles. The van der Waals surface area contributed by atoms with Gasteiger partial charge in [-0.2, -0.15) is 0 Å². The van der Waals surface area contributed by atoms with Crippen molar-refractivity contribution in [3.05, 3.63) is 59.7 Å². The Balaban J connectivity index is 2.27. The van der Waals surface area contributed by atoms with E-state index in [2.05, 4.69) is 43.8 Å². The molecule has 0 saturated carbocycles. The van der Waals surface area contributed by atoms with Crippen molar-refractivity contribution in [3.63, 3.8) is 0 Å². The van der Waals surface area contributed by atoms with Crippen LogP contribution in [0.2, 0.25) is 0 Å². The van der Waals surface area contributed by atoms with Gasteiger partial charge in [-0.25, -0.2) is 0 Å². The molecule has 1 atom stereocenters. The average Bonchev–Trinajstić information content (AvgIpc) is 2.67. The molecular formula is C13H14O. The van der Waals surface area contributed by atoms with Gasteiger partial charge >= 0.3 is 0 Å². The summed E-state index contributed by atoms with van der Waals surface area (Å²) in [6, 6.07) is 8.45. The lowest BCUT2D eigenvalue weighted by atomic mass is 10.0. The maximum atomic E-state index is 5.62. The van der Waals surface area contributed by atoms with Crippen LogP contribution in [-0.2, 0) is 4.74 Å². The molecule has 72 valence electrons. The highest BCUT2D eigenvalue weighted by Crippen LogP contribution is 2.30. The number of aryl methyl sites for hydroxylation is 1. The van der Waals surface area contributed by atoms with Crippen LogP contribution >= 0.6 is 0 Å². The standard InChI is InChI=1S/C13H14O/c1-3-11-8-9-14-13(11)12-6-4-10(2)5-7-12/h3-8,13H,1,9H2,2H3. The normalized spacial score (nSPS) is 20.6. The first-order valence-corrected chi connectivity index (χ1v) is 4.82. The molecule has 0 fully saturated rings. The highest BCUT2D eigenvalue weighted by atomic mass is 16.5. The Morgan fingerprint density at radius 1 is 1.36 bits per heavy atom. The van der Waals surface area contributed by atoms with Gasteiger partial charge in [0.15, 0.2) is 0 Å². The van der Waals surface area contributed by atoms with Crippen LogP contribution in [0.1, 0.15) is 17.2 Å². The van der Waals surface area contributed by atoms with Gasteiger partial charge in [0, 0.05) is 0 Å². The van der Waals surface area contributed by atoms with Gasteiger partial charge in [-0.3, -0.25) is 0 Å². The number of hydrogen-bond acceptors (Lipinski definition) is 1. The third-order valence-electron chi connectivity index (χ3n) is 2.50. The second kappa shape index (κ2) is 3.81. The van der Waals surface area contributed by atoms with E-state index in [1.165, 1.54) is 16.7 Å².